The Hall–Kier alpha value is 0.270. The minimum Gasteiger partial charge on any atom is -0.393 e. The van der Waals surface area contributed by atoms with Gasteiger partial charge < -0.3 is 10.4 Å². The van der Waals surface area contributed by atoms with Gasteiger partial charge in [-0.25, -0.2) is 0 Å². The van der Waals surface area contributed by atoms with Gasteiger partial charge >= 0.3 is 0 Å². The second kappa shape index (κ2) is 5.01. The molecule has 66 valence electrons. The molecular weight excluding hydrogens is 158 g/mol. The van der Waals surface area contributed by atoms with Crippen LogP contribution in [0.5, 0.6) is 0 Å². The fraction of sp³-hybridized carbons (Fsp3) is 1.00. The van der Waals surface area contributed by atoms with Gasteiger partial charge in [-0.2, -0.15) is 11.8 Å². The van der Waals surface area contributed by atoms with E-state index in [1.807, 2.05) is 11.8 Å². The maximum absolute atomic E-state index is 8.98. The van der Waals surface area contributed by atoms with Crippen molar-refractivity contribution in [2.75, 3.05) is 18.6 Å². The van der Waals surface area contributed by atoms with Gasteiger partial charge in [0, 0.05) is 6.04 Å². The highest BCUT2D eigenvalue weighted by Crippen LogP contribution is 2.18. The van der Waals surface area contributed by atoms with Gasteiger partial charge in [-0.3, -0.25) is 0 Å². The van der Waals surface area contributed by atoms with Crippen molar-refractivity contribution in [3.63, 3.8) is 0 Å². The molecule has 0 unspecified atom stereocenters. The number of hydrogen-bond donors (Lipinski definition) is 2. The first-order valence-corrected chi connectivity index (χ1v) is 5.62. The van der Waals surface area contributed by atoms with Gasteiger partial charge in [-0.15, -0.1) is 0 Å². The van der Waals surface area contributed by atoms with E-state index >= 15 is 0 Å². The third-order valence-electron chi connectivity index (χ3n) is 2.07. The third-order valence-corrected chi connectivity index (χ3v) is 2.77. The summed E-state index contributed by atoms with van der Waals surface area (Å²) in [4.78, 5) is 0. The van der Waals surface area contributed by atoms with Gasteiger partial charge in [-0.05, 0) is 37.8 Å². The monoisotopic (exact) mass is 175 g/mol. The van der Waals surface area contributed by atoms with E-state index in [9.17, 15) is 0 Å². The molecule has 0 saturated heterocycles. The van der Waals surface area contributed by atoms with Crippen molar-refractivity contribution < 1.29 is 5.11 Å². The van der Waals surface area contributed by atoms with Crippen molar-refractivity contribution in [2.45, 2.75) is 31.4 Å². The summed E-state index contributed by atoms with van der Waals surface area (Å²) in [7, 11) is 0. The van der Waals surface area contributed by atoms with Crippen LogP contribution >= 0.6 is 11.8 Å². The normalized spacial score (nSPS) is 30.0. The van der Waals surface area contributed by atoms with Crippen LogP contribution < -0.4 is 5.32 Å². The minimum atomic E-state index is -0.0203. The maximum atomic E-state index is 8.98. The zero-order valence-corrected chi connectivity index (χ0v) is 7.86. The number of hydrogen-bond acceptors (Lipinski definition) is 3. The molecule has 0 amide bonds. The molecule has 0 aliphatic heterocycles. The Labute approximate surface area is 72.8 Å². The van der Waals surface area contributed by atoms with Gasteiger partial charge in [0.1, 0.15) is 0 Å². The molecule has 0 radical (unpaired) electrons. The molecule has 0 spiro atoms. The smallest absolute Gasteiger partial charge is 0.0570 e. The van der Waals surface area contributed by atoms with E-state index in [1.54, 1.807) is 0 Å². The van der Waals surface area contributed by atoms with Crippen LogP contribution in [0.3, 0.4) is 0 Å². The van der Waals surface area contributed by atoms with Crippen LogP contribution in [0.1, 0.15) is 19.3 Å². The Bertz CT molecular complexity index is 104. The predicted molar refractivity (Wildman–Crippen MR) is 50.0 cm³/mol. The van der Waals surface area contributed by atoms with E-state index in [2.05, 4.69) is 11.6 Å². The summed E-state index contributed by atoms with van der Waals surface area (Å²) in [5.41, 5.74) is 0. The topological polar surface area (TPSA) is 32.3 Å². The predicted octanol–water partition coefficient (Wildman–Crippen LogP) is 0.852. The molecule has 1 rings (SSSR count). The molecule has 0 bridgehead atoms. The minimum absolute atomic E-state index is 0.0203. The summed E-state index contributed by atoms with van der Waals surface area (Å²) in [6.07, 6.45) is 5.27. The van der Waals surface area contributed by atoms with E-state index in [1.165, 1.54) is 12.2 Å². The largest absolute Gasteiger partial charge is 0.393 e. The van der Waals surface area contributed by atoms with Crippen molar-refractivity contribution in [3.05, 3.63) is 0 Å². The molecule has 11 heavy (non-hydrogen) atoms. The average molecular weight is 175 g/mol. The van der Waals surface area contributed by atoms with E-state index in [0.29, 0.717) is 6.04 Å². The van der Waals surface area contributed by atoms with Crippen LogP contribution in [0.4, 0.5) is 0 Å². The van der Waals surface area contributed by atoms with Crippen LogP contribution in [-0.2, 0) is 0 Å². The summed E-state index contributed by atoms with van der Waals surface area (Å²) in [6, 6.07) is 0.604. The van der Waals surface area contributed by atoms with Crippen LogP contribution in [0.15, 0.2) is 0 Å². The zero-order valence-electron chi connectivity index (χ0n) is 7.05. The Balaban J connectivity index is 1.81. The van der Waals surface area contributed by atoms with Crippen molar-refractivity contribution in [1.29, 1.82) is 0 Å². The zero-order chi connectivity index (χ0) is 8.10. The Morgan fingerprint density at radius 1 is 1.55 bits per heavy atom. The fourth-order valence-corrected chi connectivity index (χ4v) is 1.71. The Morgan fingerprint density at radius 2 is 2.27 bits per heavy atom. The molecule has 0 aromatic rings. The van der Waals surface area contributed by atoms with Crippen LogP contribution in [0.2, 0.25) is 0 Å². The quantitative estimate of drug-likeness (QED) is 0.608. The van der Waals surface area contributed by atoms with E-state index in [0.717, 1.165) is 19.4 Å². The van der Waals surface area contributed by atoms with E-state index in [-0.39, 0.29) is 6.10 Å². The van der Waals surface area contributed by atoms with Crippen molar-refractivity contribution >= 4 is 11.8 Å². The van der Waals surface area contributed by atoms with Crippen LogP contribution in [-0.4, -0.2) is 35.8 Å². The number of rotatable bonds is 5. The summed E-state index contributed by atoms with van der Waals surface area (Å²) in [5.74, 6) is 1.24. The molecule has 1 aliphatic carbocycles. The molecule has 1 fully saturated rings. The molecule has 1 aliphatic rings. The van der Waals surface area contributed by atoms with Crippen LogP contribution in [0.25, 0.3) is 0 Å². The first kappa shape index (κ1) is 9.36. The molecule has 0 aromatic carbocycles. The lowest BCUT2D eigenvalue weighted by atomic mass is 9.89. The SMILES string of the molecule is CSCCCNC1CC(O)C1. The lowest BCUT2D eigenvalue weighted by molar-refractivity contribution is 0.0628. The number of nitrogens with one attached hydrogen (secondary N) is 1. The van der Waals surface area contributed by atoms with Gasteiger partial charge in [-0.1, -0.05) is 0 Å². The Kier molecular flexibility index (Phi) is 4.26. The standard InChI is InChI=1S/C8H17NOS/c1-11-4-2-3-9-7-5-8(10)6-7/h7-10H,2-6H2,1H3. The highest BCUT2D eigenvalue weighted by atomic mass is 32.2. The molecule has 0 atom stereocenters. The molecule has 0 heterocycles. The van der Waals surface area contributed by atoms with E-state index in [4.69, 9.17) is 5.11 Å². The van der Waals surface area contributed by atoms with Gasteiger partial charge in [0.15, 0.2) is 0 Å². The maximum Gasteiger partial charge on any atom is 0.0570 e. The van der Waals surface area contributed by atoms with Gasteiger partial charge in [0.05, 0.1) is 6.10 Å². The average Bonchev–Trinajstić information content (AvgIpc) is 1.94. The number of aliphatic hydroxyl groups is 1. The van der Waals surface area contributed by atoms with Crippen molar-refractivity contribution in [2.24, 2.45) is 0 Å². The molecule has 3 heteroatoms. The van der Waals surface area contributed by atoms with Gasteiger partial charge in [0.2, 0.25) is 0 Å². The number of aliphatic hydroxyl groups excluding tert-OH is 1. The lowest BCUT2D eigenvalue weighted by Gasteiger charge is -2.32. The van der Waals surface area contributed by atoms with E-state index < -0.39 is 0 Å². The van der Waals surface area contributed by atoms with Gasteiger partial charge in [0.25, 0.3) is 0 Å². The fourth-order valence-electron chi connectivity index (χ4n) is 1.28. The second-order valence-electron chi connectivity index (χ2n) is 3.12. The first-order chi connectivity index (χ1) is 5.33. The summed E-state index contributed by atoms with van der Waals surface area (Å²) >= 11 is 1.89. The highest BCUT2D eigenvalue weighted by molar-refractivity contribution is 7.98. The Morgan fingerprint density at radius 3 is 2.82 bits per heavy atom. The molecular formula is C8H17NOS. The lowest BCUT2D eigenvalue weighted by Crippen LogP contribution is -2.44. The second-order valence-corrected chi connectivity index (χ2v) is 4.11. The third kappa shape index (κ3) is 3.45. The van der Waals surface area contributed by atoms with Crippen molar-refractivity contribution in [3.8, 4) is 0 Å². The molecule has 1 saturated carbocycles. The summed E-state index contributed by atoms with van der Waals surface area (Å²) < 4.78 is 0. The van der Waals surface area contributed by atoms with Crippen molar-refractivity contribution in [1.82, 2.24) is 5.32 Å². The highest BCUT2D eigenvalue weighted by Gasteiger charge is 2.25. The first-order valence-electron chi connectivity index (χ1n) is 4.23. The number of thioether (sulfide) groups is 1. The molecule has 2 N–H and O–H groups in total. The molecule has 2 nitrogen and oxygen atoms in total. The van der Waals surface area contributed by atoms with Crippen LogP contribution in [0, 0.1) is 0 Å². The molecule has 0 aromatic heterocycles. The summed E-state index contributed by atoms with van der Waals surface area (Å²) in [6.45, 7) is 1.11. The summed E-state index contributed by atoms with van der Waals surface area (Å²) in [5, 5.41) is 12.4.